The molecule has 3 rings (SSSR count). The molecule has 0 bridgehead atoms. The van der Waals surface area contributed by atoms with Crippen molar-refractivity contribution in [2.75, 3.05) is 10.6 Å². The van der Waals surface area contributed by atoms with Gasteiger partial charge in [0.1, 0.15) is 0 Å². The molecule has 4 nitrogen and oxygen atoms in total. The maximum atomic E-state index is 12.5. The molecule has 0 saturated heterocycles. The first-order chi connectivity index (χ1) is 12.0. The standard InChI is InChI=1S/C18H15Cl2N3OS/c1-11-5-6-13(19)8-16(11)23-17(24)12-3-2-4-14(7-12)21-9-15-10-22-18(20)25-15/h2-8,10,21H,9H2,1H3,(H,23,24). The van der Waals surface area contributed by atoms with Crippen LogP contribution in [0, 0.1) is 6.92 Å². The maximum Gasteiger partial charge on any atom is 0.255 e. The number of hydrogen-bond acceptors (Lipinski definition) is 4. The van der Waals surface area contributed by atoms with Crippen LogP contribution >= 0.6 is 34.5 Å². The average molecular weight is 392 g/mol. The Morgan fingerprint density at radius 3 is 2.80 bits per heavy atom. The quantitative estimate of drug-likeness (QED) is 0.592. The average Bonchev–Trinajstić information content (AvgIpc) is 3.02. The fourth-order valence-electron chi connectivity index (χ4n) is 2.25. The van der Waals surface area contributed by atoms with E-state index in [0.29, 0.717) is 27.3 Å². The zero-order valence-electron chi connectivity index (χ0n) is 13.3. The lowest BCUT2D eigenvalue weighted by atomic mass is 10.1. The molecule has 1 aromatic heterocycles. The number of amides is 1. The van der Waals surface area contributed by atoms with Gasteiger partial charge in [-0.3, -0.25) is 4.79 Å². The lowest BCUT2D eigenvalue weighted by molar-refractivity contribution is 0.102. The van der Waals surface area contributed by atoms with Crippen LogP contribution in [0.2, 0.25) is 9.49 Å². The summed E-state index contributed by atoms with van der Waals surface area (Å²) in [6.45, 7) is 2.52. The lowest BCUT2D eigenvalue weighted by Crippen LogP contribution is -2.13. The van der Waals surface area contributed by atoms with Crippen molar-refractivity contribution in [3.05, 3.63) is 74.2 Å². The van der Waals surface area contributed by atoms with Crippen molar-refractivity contribution in [2.45, 2.75) is 13.5 Å². The van der Waals surface area contributed by atoms with Crippen LogP contribution in [-0.4, -0.2) is 10.9 Å². The Morgan fingerprint density at radius 2 is 2.04 bits per heavy atom. The van der Waals surface area contributed by atoms with E-state index in [2.05, 4.69) is 15.6 Å². The van der Waals surface area contributed by atoms with E-state index in [0.717, 1.165) is 16.1 Å². The molecule has 7 heteroatoms. The third-order valence-corrected chi connectivity index (χ3v) is 4.91. The molecule has 0 fully saturated rings. The van der Waals surface area contributed by atoms with Crippen LogP contribution in [0.5, 0.6) is 0 Å². The number of halogens is 2. The molecule has 2 aromatic carbocycles. The van der Waals surface area contributed by atoms with Gasteiger partial charge in [-0.1, -0.05) is 35.3 Å². The van der Waals surface area contributed by atoms with Gasteiger partial charge < -0.3 is 10.6 Å². The number of aryl methyl sites for hydroxylation is 1. The van der Waals surface area contributed by atoms with Crippen LogP contribution in [0.3, 0.4) is 0 Å². The first kappa shape index (κ1) is 17.7. The van der Waals surface area contributed by atoms with E-state index >= 15 is 0 Å². The van der Waals surface area contributed by atoms with E-state index in [1.807, 2.05) is 25.1 Å². The minimum atomic E-state index is -0.185. The molecule has 0 spiro atoms. The molecule has 0 aliphatic carbocycles. The third kappa shape index (κ3) is 4.72. The number of nitrogens with one attached hydrogen (secondary N) is 2. The van der Waals surface area contributed by atoms with Crippen molar-refractivity contribution in [1.82, 2.24) is 4.98 Å². The molecule has 0 atom stereocenters. The van der Waals surface area contributed by atoms with Crippen molar-refractivity contribution >= 4 is 51.8 Å². The van der Waals surface area contributed by atoms with Crippen LogP contribution in [0.15, 0.2) is 48.7 Å². The SMILES string of the molecule is Cc1ccc(Cl)cc1NC(=O)c1cccc(NCc2cnc(Cl)s2)c1. The summed E-state index contributed by atoms with van der Waals surface area (Å²) in [4.78, 5) is 17.5. The summed E-state index contributed by atoms with van der Waals surface area (Å²) in [5, 5.41) is 6.74. The number of carbonyl (C=O) groups is 1. The molecular formula is C18H15Cl2N3OS. The van der Waals surface area contributed by atoms with Gasteiger partial charge in [0.25, 0.3) is 5.91 Å². The second kappa shape index (κ2) is 7.87. The number of hydrogen-bond donors (Lipinski definition) is 2. The number of thiazole rings is 1. The first-order valence-electron chi connectivity index (χ1n) is 7.53. The predicted molar refractivity (Wildman–Crippen MR) is 105 cm³/mol. The Labute approximate surface area is 159 Å². The van der Waals surface area contributed by atoms with E-state index in [1.165, 1.54) is 11.3 Å². The summed E-state index contributed by atoms with van der Waals surface area (Å²) < 4.78 is 0.516. The van der Waals surface area contributed by atoms with Crippen LogP contribution in [0.25, 0.3) is 0 Å². The fourth-order valence-corrected chi connectivity index (χ4v) is 3.34. The largest absolute Gasteiger partial charge is 0.380 e. The number of nitrogens with zero attached hydrogens (tertiary/aromatic N) is 1. The third-order valence-electron chi connectivity index (χ3n) is 3.56. The number of carbonyl (C=O) groups excluding carboxylic acids is 1. The van der Waals surface area contributed by atoms with E-state index < -0.39 is 0 Å². The van der Waals surface area contributed by atoms with E-state index in [1.54, 1.807) is 30.5 Å². The molecule has 0 saturated carbocycles. The Hall–Kier alpha value is -2.08. The molecule has 0 aliphatic rings. The summed E-state index contributed by atoms with van der Waals surface area (Å²) in [7, 11) is 0. The fraction of sp³-hybridized carbons (Fsp3) is 0.111. The summed E-state index contributed by atoms with van der Waals surface area (Å²) in [5.41, 5.74) is 3.07. The second-order valence-corrected chi connectivity index (χ2v) is 7.56. The van der Waals surface area contributed by atoms with Crippen molar-refractivity contribution in [2.24, 2.45) is 0 Å². The molecule has 0 unspecified atom stereocenters. The minimum absolute atomic E-state index is 0.185. The first-order valence-corrected chi connectivity index (χ1v) is 9.10. The Kier molecular flexibility index (Phi) is 5.58. The number of benzene rings is 2. The Bertz CT molecular complexity index is 911. The van der Waals surface area contributed by atoms with Crippen molar-refractivity contribution in [3.8, 4) is 0 Å². The van der Waals surface area contributed by atoms with Gasteiger partial charge in [0.05, 0.1) is 6.54 Å². The van der Waals surface area contributed by atoms with Gasteiger partial charge in [-0.05, 0) is 42.8 Å². The van der Waals surface area contributed by atoms with Crippen molar-refractivity contribution in [1.29, 1.82) is 0 Å². The molecule has 128 valence electrons. The lowest BCUT2D eigenvalue weighted by Gasteiger charge is -2.10. The van der Waals surface area contributed by atoms with Crippen LogP contribution in [0.4, 0.5) is 11.4 Å². The zero-order valence-corrected chi connectivity index (χ0v) is 15.7. The van der Waals surface area contributed by atoms with Gasteiger partial charge in [-0.25, -0.2) is 4.98 Å². The molecule has 1 amide bonds. The molecule has 2 N–H and O–H groups in total. The summed E-state index contributed by atoms with van der Waals surface area (Å²) in [5.74, 6) is -0.185. The molecule has 3 aromatic rings. The molecule has 0 radical (unpaired) electrons. The minimum Gasteiger partial charge on any atom is -0.380 e. The topological polar surface area (TPSA) is 54.0 Å². The van der Waals surface area contributed by atoms with Gasteiger partial charge in [0, 0.05) is 33.0 Å². The predicted octanol–water partition coefficient (Wildman–Crippen LogP) is 5.62. The smallest absolute Gasteiger partial charge is 0.255 e. The van der Waals surface area contributed by atoms with Crippen molar-refractivity contribution < 1.29 is 4.79 Å². The Morgan fingerprint density at radius 1 is 1.20 bits per heavy atom. The molecular weight excluding hydrogens is 377 g/mol. The number of rotatable bonds is 5. The van der Waals surface area contributed by atoms with Crippen LogP contribution < -0.4 is 10.6 Å². The van der Waals surface area contributed by atoms with Gasteiger partial charge in [-0.15, -0.1) is 11.3 Å². The highest BCUT2D eigenvalue weighted by Crippen LogP contribution is 2.22. The highest BCUT2D eigenvalue weighted by atomic mass is 35.5. The highest BCUT2D eigenvalue weighted by molar-refractivity contribution is 7.15. The van der Waals surface area contributed by atoms with E-state index in [-0.39, 0.29) is 5.91 Å². The monoisotopic (exact) mass is 391 g/mol. The van der Waals surface area contributed by atoms with Crippen LogP contribution in [0.1, 0.15) is 20.8 Å². The van der Waals surface area contributed by atoms with Gasteiger partial charge >= 0.3 is 0 Å². The molecule has 25 heavy (non-hydrogen) atoms. The van der Waals surface area contributed by atoms with Gasteiger partial charge in [0.15, 0.2) is 4.47 Å². The number of aromatic nitrogens is 1. The maximum absolute atomic E-state index is 12.5. The van der Waals surface area contributed by atoms with Gasteiger partial charge in [0.2, 0.25) is 0 Å². The van der Waals surface area contributed by atoms with Crippen molar-refractivity contribution in [3.63, 3.8) is 0 Å². The van der Waals surface area contributed by atoms with E-state index in [9.17, 15) is 4.79 Å². The van der Waals surface area contributed by atoms with E-state index in [4.69, 9.17) is 23.2 Å². The Balaban J connectivity index is 1.69. The zero-order chi connectivity index (χ0) is 17.8. The molecule has 0 aliphatic heterocycles. The summed E-state index contributed by atoms with van der Waals surface area (Å²) >= 11 is 13.2. The highest BCUT2D eigenvalue weighted by Gasteiger charge is 2.09. The second-order valence-electron chi connectivity index (χ2n) is 5.43. The van der Waals surface area contributed by atoms with Gasteiger partial charge in [-0.2, -0.15) is 0 Å². The van der Waals surface area contributed by atoms with Crippen LogP contribution in [-0.2, 0) is 6.54 Å². The molecule has 1 heterocycles. The summed E-state index contributed by atoms with van der Waals surface area (Å²) in [6.07, 6.45) is 1.73. The summed E-state index contributed by atoms with van der Waals surface area (Å²) in [6, 6.07) is 12.7. The number of anilines is 2. The normalized spacial score (nSPS) is 10.5.